The number of rotatable bonds is 7. The fourth-order valence-corrected chi connectivity index (χ4v) is 2.38. The zero-order valence-electron chi connectivity index (χ0n) is 13.9. The van der Waals surface area contributed by atoms with Crippen LogP contribution >= 0.6 is 0 Å². The third-order valence-corrected chi connectivity index (χ3v) is 3.86. The molecule has 1 aliphatic carbocycles. The molecule has 1 amide bonds. The van der Waals surface area contributed by atoms with Gasteiger partial charge in [0.25, 0.3) is 5.91 Å². The second-order valence-corrected chi connectivity index (χ2v) is 5.73. The van der Waals surface area contributed by atoms with Gasteiger partial charge in [-0.1, -0.05) is 30.3 Å². The van der Waals surface area contributed by atoms with Gasteiger partial charge in [-0.2, -0.15) is 0 Å². The Bertz CT molecular complexity index is 686. The molecule has 1 aliphatic rings. The van der Waals surface area contributed by atoms with E-state index in [4.69, 9.17) is 14.2 Å². The molecule has 2 aromatic carbocycles. The summed E-state index contributed by atoms with van der Waals surface area (Å²) in [5.74, 6) is 1.33. The zero-order valence-corrected chi connectivity index (χ0v) is 13.9. The molecular formula is C19H21NO4. The molecule has 3 rings (SSSR count). The first-order valence-electron chi connectivity index (χ1n) is 7.95. The lowest BCUT2D eigenvalue weighted by molar-refractivity contribution is 0.0950. The van der Waals surface area contributed by atoms with Crippen LogP contribution in [0.1, 0.15) is 28.8 Å². The van der Waals surface area contributed by atoms with Gasteiger partial charge in [0.2, 0.25) is 5.75 Å². The Kier molecular flexibility index (Phi) is 4.89. The molecule has 0 radical (unpaired) electrons. The molecule has 0 spiro atoms. The molecule has 0 aliphatic heterocycles. The van der Waals surface area contributed by atoms with Crippen molar-refractivity contribution in [3.63, 3.8) is 0 Å². The van der Waals surface area contributed by atoms with Crippen molar-refractivity contribution in [2.45, 2.75) is 25.5 Å². The topological polar surface area (TPSA) is 56.8 Å². The van der Waals surface area contributed by atoms with E-state index in [1.807, 2.05) is 30.3 Å². The first kappa shape index (κ1) is 16.2. The van der Waals surface area contributed by atoms with Crippen LogP contribution in [0.3, 0.4) is 0 Å². The van der Waals surface area contributed by atoms with E-state index in [0.717, 1.165) is 18.4 Å². The SMILES string of the molecule is COc1cc(C(=O)NC2CC2)cc(OC)c1OCc1ccccc1. The highest BCUT2D eigenvalue weighted by molar-refractivity contribution is 5.96. The fourth-order valence-electron chi connectivity index (χ4n) is 2.38. The minimum absolute atomic E-state index is 0.122. The predicted molar refractivity (Wildman–Crippen MR) is 90.8 cm³/mol. The van der Waals surface area contributed by atoms with Gasteiger partial charge >= 0.3 is 0 Å². The van der Waals surface area contributed by atoms with Crippen LogP contribution in [0, 0.1) is 0 Å². The van der Waals surface area contributed by atoms with Gasteiger partial charge in [0.1, 0.15) is 6.61 Å². The van der Waals surface area contributed by atoms with Crippen LogP contribution in [0.2, 0.25) is 0 Å². The van der Waals surface area contributed by atoms with Gasteiger partial charge in [-0.05, 0) is 30.5 Å². The van der Waals surface area contributed by atoms with Crippen molar-refractivity contribution in [2.75, 3.05) is 14.2 Å². The standard InChI is InChI=1S/C19H21NO4/c1-22-16-10-14(19(21)20-15-8-9-15)11-17(23-2)18(16)24-12-13-6-4-3-5-7-13/h3-7,10-11,15H,8-9,12H2,1-2H3,(H,20,21). The van der Waals surface area contributed by atoms with Crippen LogP contribution in [0.15, 0.2) is 42.5 Å². The molecule has 0 atom stereocenters. The normalized spacial score (nSPS) is 13.2. The van der Waals surface area contributed by atoms with E-state index in [-0.39, 0.29) is 5.91 Å². The van der Waals surface area contributed by atoms with E-state index in [2.05, 4.69) is 5.32 Å². The molecule has 5 nitrogen and oxygen atoms in total. The predicted octanol–water partition coefficient (Wildman–Crippen LogP) is 3.18. The van der Waals surface area contributed by atoms with Gasteiger partial charge in [-0.15, -0.1) is 0 Å². The van der Waals surface area contributed by atoms with E-state index in [1.165, 1.54) is 0 Å². The van der Waals surface area contributed by atoms with Crippen LogP contribution in [0.5, 0.6) is 17.2 Å². The molecule has 0 unspecified atom stereocenters. The molecule has 24 heavy (non-hydrogen) atoms. The number of hydrogen-bond acceptors (Lipinski definition) is 4. The highest BCUT2D eigenvalue weighted by Gasteiger charge is 2.25. The molecule has 1 saturated carbocycles. The smallest absolute Gasteiger partial charge is 0.251 e. The number of benzene rings is 2. The minimum Gasteiger partial charge on any atom is -0.493 e. The minimum atomic E-state index is -0.122. The molecule has 2 aromatic rings. The number of methoxy groups -OCH3 is 2. The Hall–Kier alpha value is -2.69. The summed E-state index contributed by atoms with van der Waals surface area (Å²) < 4.78 is 16.7. The molecule has 0 bridgehead atoms. The summed E-state index contributed by atoms with van der Waals surface area (Å²) >= 11 is 0. The maximum atomic E-state index is 12.3. The maximum Gasteiger partial charge on any atom is 0.251 e. The second kappa shape index (κ2) is 7.25. The molecule has 1 fully saturated rings. The number of amides is 1. The van der Waals surface area contributed by atoms with Crippen molar-refractivity contribution in [1.29, 1.82) is 0 Å². The summed E-state index contributed by atoms with van der Waals surface area (Å²) in [6.07, 6.45) is 2.08. The highest BCUT2D eigenvalue weighted by Crippen LogP contribution is 2.39. The summed E-state index contributed by atoms with van der Waals surface area (Å²) in [5.41, 5.74) is 1.54. The van der Waals surface area contributed by atoms with Crippen LogP contribution in [-0.4, -0.2) is 26.2 Å². The first-order chi connectivity index (χ1) is 11.7. The molecule has 5 heteroatoms. The lowest BCUT2D eigenvalue weighted by Crippen LogP contribution is -2.25. The van der Waals surface area contributed by atoms with E-state index >= 15 is 0 Å². The van der Waals surface area contributed by atoms with E-state index in [9.17, 15) is 4.79 Å². The average Bonchev–Trinajstić information content (AvgIpc) is 3.44. The zero-order chi connectivity index (χ0) is 16.9. The monoisotopic (exact) mass is 327 g/mol. The molecule has 1 N–H and O–H groups in total. The quantitative estimate of drug-likeness (QED) is 0.848. The number of carbonyl (C=O) groups excluding carboxylic acids is 1. The summed E-state index contributed by atoms with van der Waals surface area (Å²) in [4.78, 5) is 12.3. The summed E-state index contributed by atoms with van der Waals surface area (Å²) in [7, 11) is 3.10. The second-order valence-electron chi connectivity index (χ2n) is 5.73. The molecule has 0 heterocycles. The first-order valence-corrected chi connectivity index (χ1v) is 7.95. The van der Waals surface area contributed by atoms with Crippen LogP contribution in [0.4, 0.5) is 0 Å². The average molecular weight is 327 g/mol. The number of nitrogens with one attached hydrogen (secondary N) is 1. The van der Waals surface area contributed by atoms with Crippen LogP contribution < -0.4 is 19.5 Å². The van der Waals surface area contributed by atoms with Gasteiger partial charge in [-0.3, -0.25) is 4.79 Å². The largest absolute Gasteiger partial charge is 0.493 e. The lowest BCUT2D eigenvalue weighted by atomic mass is 10.1. The Balaban J connectivity index is 1.82. The summed E-state index contributed by atoms with van der Waals surface area (Å²) in [6, 6.07) is 13.5. The number of hydrogen-bond donors (Lipinski definition) is 1. The van der Waals surface area contributed by atoms with E-state index in [1.54, 1.807) is 26.4 Å². The van der Waals surface area contributed by atoms with E-state index < -0.39 is 0 Å². The van der Waals surface area contributed by atoms with Crippen molar-refractivity contribution in [1.82, 2.24) is 5.32 Å². The molecule has 126 valence electrons. The Labute approximate surface area is 141 Å². The third kappa shape index (κ3) is 3.79. The highest BCUT2D eigenvalue weighted by atomic mass is 16.5. The lowest BCUT2D eigenvalue weighted by Gasteiger charge is -2.16. The van der Waals surface area contributed by atoms with Gasteiger partial charge in [0.15, 0.2) is 11.5 Å². The van der Waals surface area contributed by atoms with E-state index in [0.29, 0.717) is 35.5 Å². The Morgan fingerprint density at radius 3 is 2.25 bits per heavy atom. The summed E-state index contributed by atoms with van der Waals surface area (Å²) in [6.45, 7) is 0.390. The fraction of sp³-hybridized carbons (Fsp3) is 0.316. The van der Waals surface area contributed by atoms with Crippen molar-refractivity contribution < 1.29 is 19.0 Å². The van der Waals surface area contributed by atoms with Crippen molar-refractivity contribution in [3.8, 4) is 17.2 Å². The third-order valence-electron chi connectivity index (χ3n) is 3.86. The number of ether oxygens (including phenoxy) is 3. The molecule has 0 aromatic heterocycles. The Morgan fingerprint density at radius 1 is 1.08 bits per heavy atom. The van der Waals surface area contributed by atoms with Gasteiger partial charge in [0, 0.05) is 11.6 Å². The van der Waals surface area contributed by atoms with Gasteiger partial charge in [0.05, 0.1) is 14.2 Å². The molecular weight excluding hydrogens is 306 g/mol. The van der Waals surface area contributed by atoms with Crippen molar-refractivity contribution in [3.05, 3.63) is 53.6 Å². The maximum absolute atomic E-state index is 12.3. The van der Waals surface area contributed by atoms with Gasteiger partial charge in [-0.25, -0.2) is 0 Å². The Morgan fingerprint density at radius 2 is 1.71 bits per heavy atom. The summed E-state index contributed by atoms with van der Waals surface area (Å²) in [5, 5.41) is 2.96. The van der Waals surface area contributed by atoms with Crippen molar-refractivity contribution >= 4 is 5.91 Å². The number of carbonyl (C=O) groups is 1. The van der Waals surface area contributed by atoms with Crippen LogP contribution in [0.25, 0.3) is 0 Å². The van der Waals surface area contributed by atoms with Gasteiger partial charge < -0.3 is 19.5 Å². The van der Waals surface area contributed by atoms with Crippen LogP contribution in [-0.2, 0) is 6.61 Å². The van der Waals surface area contributed by atoms with Crippen molar-refractivity contribution in [2.24, 2.45) is 0 Å². The molecule has 0 saturated heterocycles.